The molecular formula is C9H15N3O. The first-order valence-corrected chi connectivity index (χ1v) is 4.37. The number of ether oxygens (including phenoxy) is 1. The average molecular weight is 181 g/mol. The maximum atomic E-state index is 4.94. The van der Waals surface area contributed by atoms with Gasteiger partial charge in [0, 0.05) is 19.9 Å². The third kappa shape index (κ3) is 3.48. The number of nitrogens with zero attached hydrogens (tertiary/aromatic N) is 2. The maximum absolute atomic E-state index is 4.94. The van der Waals surface area contributed by atoms with Gasteiger partial charge in [0.2, 0.25) is 0 Å². The highest BCUT2D eigenvalue weighted by molar-refractivity contribution is 5.01. The van der Waals surface area contributed by atoms with Gasteiger partial charge in [-0.05, 0) is 12.6 Å². The molecule has 1 N–H and O–H groups in total. The van der Waals surface area contributed by atoms with Crippen molar-refractivity contribution in [3.63, 3.8) is 0 Å². The zero-order valence-corrected chi connectivity index (χ0v) is 8.08. The van der Waals surface area contributed by atoms with Crippen LogP contribution < -0.4 is 5.32 Å². The first kappa shape index (κ1) is 10.1. The monoisotopic (exact) mass is 181 g/mol. The van der Waals surface area contributed by atoms with Crippen molar-refractivity contribution < 1.29 is 4.74 Å². The molecule has 1 heterocycles. The van der Waals surface area contributed by atoms with Crippen LogP contribution >= 0.6 is 0 Å². The second-order valence-corrected chi connectivity index (χ2v) is 2.68. The van der Waals surface area contributed by atoms with Gasteiger partial charge in [-0.25, -0.2) is 9.97 Å². The fourth-order valence-electron chi connectivity index (χ4n) is 0.991. The molecular weight excluding hydrogens is 166 g/mol. The Hall–Kier alpha value is -1.00. The topological polar surface area (TPSA) is 47.0 Å². The minimum atomic E-state index is 0.472. The molecule has 0 aromatic carbocycles. The lowest BCUT2D eigenvalue weighted by atomic mass is 10.4. The zero-order chi connectivity index (χ0) is 9.52. The summed E-state index contributed by atoms with van der Waals surface area (Å²) in [6.45, 7) is 4.27. The Morgan fingerprint density at radius 2 is 2.38 bits per heavy atom. The number of hydrogen-bond donors (Lipinski definition) is 1. The average Bonchev–Trinajstić information content (AvgIpc) is 2.16. The molecule has 0 unspecified atom stereocenters. The van der Waals surface area contributed by atoms with Crippen LogP contribution in [0.25, 0.3) is 0 Å². The maximum Gasteiger partial charge on any atom is 0.154 e. The fourth-order valence-corrected chi connectivity index (χ4v) is 0.991. The largest absolute Gasteiger partial charge is 0.377 e. The normalized spacial score (nSPS) is 10.3. The summed E-state index contributed by atoms with van der Waals surface area (Å²) >= 11 is 0. The highest BCUT2D eigenvalue weighted by atomic mass is 16.5. The van der Waals surface area contributed by atoms with Gasteiger partial charge in [0.05, 0.1) is 5.69 Å². The van der Waals surface area contributed by atoms with Gasteiger partial charge in [0.15, 0.2) is 5.82 Å². The fraction of sp³-hybridized carbons (Fsp3) is 0.556. The predicted molar refractivity (Wildman–Crippen MR) is 50.1 cm³/mol. The number of rotatable bonds is 5. The van der Waals surface area contributed by atoms with E-state index in [1.807, 2.05) is 6.07 Å². The van der Waals surface area contributed by atoms with Gasteiger partial charge in [-0.1, -0.05) is 6.92 Å². The van der Waals surface area contributed by atoms with Crippen LogP contribution in [0.4, 0.5) is 0 Å². The standard InChI is InChI=1S/C9H15N3O/c1-3-10-6-8-4-5-11-9(12-8)7-13-2/h4-5,10H,3,6-7H2,1-2H3. The van der Waals surface area contributed by atoms with Crippen LogP contribution in [0.5, 0.6) is 0 Å². The number of aromatic nitrogens is 2. The van der Waals surface area contributed by atoms with E-state index in [0.717, 1.165) is 24.6 Å². The van der Waals surface area contributed by atoms with E-state index >= 15 is 0 Å². The molecule has 0 aliphatic heterocycles. The molecule has 0 aliphatic carbocycles. The predicted octanol–water partition coefficient (Wildman–Crippen LogP) is 0.732. The summed E-state index contributed by atoms with van der Waals surface area (Å²) in [5.74, 6) is 0.734. The van der Waals surface area contributed by atoms with Gasteiger partial charge in [-0.2, -0.15) is 0 Å². The third-order valence-corrected chi connectivity index (χ3v) is 1.59. The summed E-state index contributed by atoms with van der Waals surface area (Å²) in [5, 5.41) is 3.20. The van der Waals surface area contributed by atoms with Gasteiger partial charge in [0.1, 0.15) is 6.61 Å². The van der Waals surface area contributed by atoms with Crippen molar-refractivity contribution in [2.45, 2.75) is 20.1 Å². The molecule has 0 aliphatic rings. The molecule has 0 bridgehead atoms. The molecule has 1 aromatic heterocycles. The second kappa shape index (κ2) is 5.61. The van der Waals surface area contributed by atoms with Gasteiger partial charge >= 0.3 is 0 Å². The first-order chi connectivity index (χ1) is 6.36. The van der Waals surface area contributed by atoms with Crippen molar-refractivity contribution in [2.75, 3.05) is 13.7 Å². The van der Waals surface area contributed by atoms with Crippen LogP contribution in [0.3, 0.4) is 0 Å². The van der Waals surface area contributed by atoms with Gasteiger partial charge < -0.3 is 10.1 Å². The van der Waals surface area contributed by atoms with Crippen LogP contribution in [-0.4, -0.2) is 23.6 Å². The summed E-state index contributed by atoms with van der Waals surface area (Å²) in [6, 6.07) is 1.90. The van der Waals surface area contributed by atoms with Crippen molar-refractivity contribution in [3.05, 3.63) is 23.8 Å². The van der Waals surface area contributed by atoms with Crippen molar-refractivity contribution in [3.8, 4) is 0 Å². The van der Waals surface area contributed by atoms with Crippen molar-refractivity contribution in [1.82, 2.24) is 15.3 Å². The molecule has 1 aromatic rings. The Morgan fingerprint density at radius 3 is 3.08 bits per heavy atom. The Balaban J connectivity index is 2.56. The summed E-state index contributed by atoms with van der Waals surface area (Å²) in [4.78, 5) is 8.37. The first-order valence-electron chi connectivity index (χ1n) is 4.37. The molecule has 13 heavy (non-hydrogen) atoms. The summed E-state index contributed by atoms with van der Waals surface area (Å²) < 4.78 is 4.94. The zero-order valence-electron chi connectivity index (χ0n) is 8.08. The molecule has 4 nitrogen and oxygen atoms in total. The molecule has 0 saturated heterocycles. The van der Waals surface area contributed by atoms with Gasteiger partial charge in [-0.3, -0.25) is 0 Å². The van der Waals surface area contributed by atoms with Crippen LogP contribution in [0.2, 0.25) is 0 Å². The van der Waals surface area contributed by atoms with E-state index in [0.29, 0.717) is 6.61 Å². The third-order valence-electron chi connectivity index (χ3n) is 1.59. The summed E-state index contributed by atoms with van der Waals surface area (Å²) in [6.07, 6.45) is 1.76. The number of hydrogen-bond acceptors (Lipinski definition) is 4. The Morgan fingerprint density at radius 1 is 1.54 bits per heavy atom. The lowest BCUT2D eigenvalue weighted by molar-refractivity contribution is 0.177. The van der Waals surface area contributed by atoms with E-state index in [9.17, 15) is 0 Å². The Bertz CT molecular complexity index is 252. The number of methoxy groups -OCH3 is 1. The lowest BCUT2D eigenvalue weighted by Crippen LogP contribution is -2.13. The molecule has 72 valence electrons. The van der Waals surface area contributed by atoms with Crippen LogP contribution in [-0.2, 0) is 17.9 Å². The summed E-state index contributed by atoms with van der Waals surface area (Å²) in [7, 11) is 1.64. The van der Waals surface area contributed by atoms with Gasteiger partial charge in [0.25, 0.3) is 0 Å². The van der Waals surface area contributed by atoms with Crippen LogP contribution in [0, 0.1) is 0 Å². The number of nitrogens with one attached hydrogen (secondary N) is 1. The highest BCUT2D eigenvalue weighted by Crippen LogP contribution is 1.96. The molecule has 0 fully saturated rings. The molecule has 0 saturated carbocycles. The van der Waals surface area contributed by atoms with E-state index in [1.165, 1.54) is 0 Å². The van der Waals surface area contributed by atoms with Crippen LogP contribution in [0.1, 0.15) is 18.4 Å². The molecule has 0 radical (unpaired) electrons. The quantitative estimate of drug-likeness (QED) is 0.727. The Kier molecular flexibility index (Phi) is 4.35. The molecule has 0 atom stereocenters. The summed E-state index contributed by atoms with van der Waals surface area (Å²) in [5.41, 5.74) is 1.00. The van der Waals surface area contributed by atoms with Crippen molar-refractivity contribution >= 4 is 0 Å². The smallest absolute Gasteiger partial charge is 0.154 e. The molecule has 4 heteroatoms. The van der Waals surface area contributed by atoms with Gasteiger partial charge in [-0.15, -0.1) is 0 Å². The SMILES string of the molecule is CCNCc1ccnc(COC)n1. The minimum Gasteiger partial charge on any atom is -0.377 e. The molecule has 0 spiro atoms. The second-order valence-electron chi connectivity index (χ2n) is 2.68. The van der Waals surface area contributed by atoms with E-state index in [-0.39, 0.29) is 0 Å². The van der Waals surface area contributed by atoms with Crippen LogP contribution in [0.15, 0.2) is 12.3 Å². The van der Waals surface area contributed by atoms with E-state index in [1.54, 1.807) is 13.3 Å². The van der Waals surface area contributed by atoms with E-state index in [4.69, 9.17) is 4.74 Å². The minimum absolute atomic E-state index is 0.472. The van der Waals surface area contributed by atoms with E-state index < -0.39 is 0 Å². The highest BCUT2D eigenvalue weighted by Gasteiger charge is 1.97. The molecule has 0 amide bonds. The van der Waals surface area contributed by atoms with Crippen molar-refractivity contribution in [2.24, 2.45) is 0 Å². The lowest BCUT2D eigenvalue weighted by Gasteiger charge is -2.02. The Labute approximate surface area is 78.4 Å². The van der Waals surface area contributed by atoms with E-state index in [2.05, 4.69) is 22.2 Å². The molecule has 1 rings (SSSR count). The van der Waals surface area contributed by atoms with Crippen molar-refractivity contribution in [1.29, 1.82) is 0 Å².